The van der Waals surface area contributed by atoms with Crippen LogP contribution in [0.5, 0.6) is 0 Å². The summed E-state index contributed by atoms with van der Waals surface area (Å²) in [6.07, 6.45) is 0.752. The monoisotopic (exact) mass is 347 g/mol. The fourth-order valence-electron chi connectivity index (χ4n) is 2.26. The van der Waals surface area contributed by atoms with Gasteiger partial charge in [0.05, 0.1) is 15.5 Å². The maximum Gasteiger partial charge on any atom is 0.139 e. The summed E-state index contributed by atoms with van der Waals surface area (Å²) in [7, 11) is 0. The number of benzene rings is 2. The first-order valence-electron chi connectivity index (χ1n) is 6.76. The molecule has 0 fully saturated rings. The minimum absolute atomic E-state index is 0.282. The quantitative estimate of drug-likeness (QED) is 0.732. The van der Waals surface area contributed by atoms with Gasteiger partial charge in [-0.1, -0.05) is 18.2 Å². The van der Waals surface area contributed by atoms with Crippen molar-refractivity contribution >= 4 is 32.7 Å². The summed E-state index contributed by atoms with van der Waals surface area (Å²) in [6, 6.07) is 11.3. The van der Waals surface area contributed by atoms with Gasteiger partial charge in [-0.2, -0.15) is 0 Å². The summed E-state index contributed by atoms with van der Waals surface area (Å²) in [5.74, 6) is 0.569. The SMILES string of the molecule is Cc1ccccc1NCCc1nc2cc(Br)c(F)cc2[nH]1. The van der Waals surface area contributed by atoms with Crippen LogP contribution in [0.3, 0.4) is 0 Å². The predicted octanol–water partition coefficient (Wildman–Crippen LogP) is 4.43. The van der Waals surface area contributed by atoms with E-state index in [1.54, 1.807) is 6.07 Å². The molecule has 0 spiro atoms. The van der Waals surface area contributed by atoms with E-state index in [1.165, 1.54) is 11.6 Å². The zero-order valence-electron chi connectivity index (χ0n) is 11.6. The molecule has 1 aromatic heterocycles. The highest BCUT2D eigenvalue weighted by molar-refractivity contribution is 9.10. The fourth-order valence-corrected chi connectivity index (χ4v) is 2.59. The van der Waals surface area contributed by atoms with E-state index in [0.717, 1.165) is 35.5 Å². The van der Waals surface area contributed by atoms with Crippen LogP contribution in [-0.4, -0.2) is 16.5 Å². The smallest absolute Gasteiger partial charge is 0.139 e. The van der Waals surface area contributed by atoms with E-state index in [1.807, 2.05) is 12.1 Å². The number of aryl methyl sites for hydroxylation is 1. The van der Waals surface area contributed by atoms with Gasteiger partial charge in [0, 0.05) is 24.7 Å². The van der Waals surface area contributed by atoms with E-state index < -0.39 is 0 Å². The molecule has 108 valence electrons. The number of hydrogen-bond acceptors (Lipinski definition) is 2. The van der Waals surface area contributed by atoms with Gasteiger partial charge < -0.3 is 10.3 Å². The Labute approximate surface area is 130 Å². The van der Waals surface area contributed by atoms with E-state index >= 15 is 0 Å². The molecule has 2 aromatic carbocycles. The maximum atomic E-state index is 13.5. The first-order chi connectivity index (χ1) is 10.1. The lowest BCUT2D eigenvalue weighted by Crippen LogP contribution is -2.06. The molecule has 1 heterocycles. The Morgan fingerprint density at radius 1 is 1.29 bits per heavy atom. The Kier molecular flexibility index (Phi) is 3.92. The first-order valence-corrected chi connectivity index (χ1v) is 7.56. The standard InChI is InChI=1S/C16H15BrFN3/c1-10-4-2-3-5-13(10)19-7-6-16-20-14-8-11(17)12(18)9-15(14)21-16/h2-5,8-9,19H,6-7H2,1H3,(H,20,21). The third-order valence-electron chi connectivity index (χ3n) is 3.40. The summed E-state index contributed by atoms with van der Waals surface area (Å²) in [5, 5.41) is 3.39. The number of hydrogen-bond donors (Lipinski definition) is 2. The Morgan fingerprint density at radius 3 is 2.90 bits per heavy atom. The number of H-pyrrole nitrogens is 1. The molecular weight excluding hydrogens is 333 g/mol. The molecule has 0 aliphatic carbocycles. The summed E-state index contributed by atoms with van der Waals surface area (Å²) < 4.78 is 13.9. The molecule has 0 aliphatic rings. The molecule has 0 amide bonds. The van der Waals surface area contributed by atoms with Crippen LogP contribution in [0, 0.1) is 12.7 Å². The van der Waals surface area contributed by atoms with Crippen molar-refractivity contribution in [2.45, 2.75) is 13.3 Å². The fraction of sp³-hybridized carbons (Fsp3) is 0.188. The summed E-state index contributed by atoms with van der Waals surface area (Å²) in [4.78, 5) is 7.63. The van der Waals surface area contributed by atoms with Crippen LogP contribution in [0.4, 0.5) is 10.1 Å². The van der Waals surface area contributed by atoms with Gasteiger partial charge in [-0.3, -0.25) is 0 Å². The second kappa shape index (κ2) is 5.85. The number of aromatic nitrogens is 2. The lowest BCUT2D eigenvalue weighted by Gasteiger charge is -2.07. The molecule has 0 aliphatic heterocycles. The zero-order valence-corrected chi connectivity index (χ0v) is 13.2. The molecule has 3 rings (SSSR count). The molecule has 0 radical (unpaired) electrons. The lowest BCUT2D eigenvalue weighted by atomic mass is 10.2. The highest BCUT2D eigenvalue weighted by Crippen LogP contribution is 2.22. The second-order valence-electron chi connectivity index (χ2n) is 4.96. The summed E-state index contributed by atoms with van der Waals surface area (Å²) >= 11 is 3.18. The molecule has 3 nitrogen and oxygen atoms in total. The Bertz CT molecular complexity index is 743. The Hall–Kier alpha value is -1.88. The number of halogens is 2. The van der Waals surface area contributed by atoms with Crippen molar-refractivity contribution in [2.24, 2.45) is 0 Å². The topological polar surface area (TPSA) is 40.7 Å². The Balaban J connectivity index is 1.70. The van der Waals surface area contributed by atoms with E-state index in [9.17, 15) is 4.39 Å². The van der Waals surface area contributed by atoms with Crippen molar-refractivity contribution in [1.29, 1.82) is 0 Å². The van der Waals surface area contributed by atoms with Crippen LogP contribution in [0.15, 0.2) is 40.9 Å². The van der Waals surface area contributed by atoms with Gasteiger partial charge in [-0.05, 0) is 40.5 Å². The third kappa shape index (κ3) is 3.08. The van der Waals surface area contributed by atoms with Gasteiger partial charge in [-0.15, -0.1) is 0 Å². The van der Waals surface area contributed by atoms with E-state index in [0.29, 0.717) is 4.47 Å². The number of nitrogens with one attached hydrogen (secondary N) is 2. The number of anilines is 1. The molecule has 0 bridgehead atoms. The number of rotatable bonds is 4. The van der Waals surface area contributed by atoms with Crippen molar-refractivity contribution < 1.29 is 4.39 Å². The highest BCUT2D eigenvalue weighted by Gasteiger charge is 2.07. The van der Waals surface area contributed by atoms with E-state index in [2.05, 4.69) is 50.3 Å². The molecular formula is C16H15BrFN3. The molecule has 3 aromatic rings. The second-order valence-corrected chi connectivity index (χ2v) is 5.81. The molecule has 21 heavy (non-hydrogen) atoms. The van der Waals surface area contributed by atoms with Crippen molar-refractivity contribution in [3.05, 3.63) is 58.1 Å². The largest absolute Gasteiger partial charge is 0.384 e. The van der Waals surface area contributed by atoms with E-state index in [-0.39, 0.29) is 5.82 Å². The number of nitrogens with zero attached hydrogens (tertiary/aromatic N) is 1. The van der Waals surface area contributed by atoms with Gasteiger partial charge in [0.25, 0.3) is 0 Å². The van der Waals surface area contributed by atoms with Gasteiger partial charge in [0.2, 0.25) is 0 Å². The molecule has 0 unspecified atom stereocenters. The summed E-state index contributed by atoms with van der Waals surface area (Å²) in [6.45, 7) is 2.85. The van der Waals surface area contributed by atoms with Gasteiger partial charge >= 0.3 is 0 Å². The number of fused-ring (bicyclic) bond motifs is 1. The normalized spacial score (nSPS) is 11.0. The van der Waals surface area contributed by atoms with Crippen molar-refractivity contribution in [3.8, 4) is 0 Å². The average molecular weight is 348 g/mol. The number of imidazole rings is 1. The molecule has 0 atom stereocenters. The van der Waals surface area contributed by atoms with Gasteiger partial charge in [0.15, 0.2) is 0 Å². The average Bonchev–Trinajstić information content (AvgIpc) is 2.83. The molecule has 0 saturated heterocycles. The van der Waals surface area contributed by atoms with Crippen molar-refractivity contribution in [1.82, 2.24) is 9.97 Å². The number of para-hydroxylation sites is 1. The predicted molar refractivity (Wildman–Crippen MR) is 87.1 cm³/mol. The van der Waals surface area contributed by atoms with Gasteiger partial charge in [0.1, 0.15) is 11.6 Å². The van der Waals surface area contributed by atoms with Crippen molar-refractivity contribution in [2.75, 3.05) is 11.9 Å². The molecule has 2 N–H and O–H groups in total. The Morgan fingerprint density at radius 2 is 2.10 bits per heavy atom. The minimum atomic E-state index is -0.282. The maximum absolute atomic E-state index is 13.5. The van der Waals surface area contributed by atoms with Crippen LogP contribution < -0.4 is 5.32 Å². The van der Waals surface area contributed by atoms with Crippen LogP contribution in [0.1, 0.15) is 11.4 Å². The molecule has 0 saturated carbocycles. The summed E-state index contributed by atoms with van der Waals surface area (Å²) in [5.41, 5.74) is 3.84. The van der Waals surface area contributed by atoms with Crippen molar-refractivity contribution in [3.63, 3.8) is 0 Å². The van der Waals surface area contributed by atoms with Crippen LogP contribution >= 0.6 is 15.9 Å². The van der Waals surface area contributed by atoms with E-state index in [4.69, 9.17) is 0 Å². The third-order valence-corrected chi connectivity index (χ3v) is 4.00. The van der Waals surface area contributed by atoms with Crippen LogP contribution in [-0.2, 0) is 6.42 Å². The van der Waals surface area contributed by atoms with Crippen LogP contribution in [0.2, 0.25) is 0 Å². The number of aromatic amines is 1. The zero-order chi connectivity index (χ0) is 14.8. The molecule has 5 heteroatoms. The van der Waals surface area contributed by atoms with Crippen LogP contribution in [0.25, 0.3) is 11.0 Å². The minimum Gasteiger partial charge on any atom is -0.384 e. The lowest BCUT2D eigenvalue weighted by molar-refractivity contribution is 0.623. The first kappa shape index (κ1) is 14.1. The van der Waals surface area contributed by atoms with Gasteiger partial charge in [-0.25, -0.2) is 9.37 Å². The highest BCUT2D eigenvalue weighted by atomic mass is 79.9.